The van der Waals surface area contributed by atoms with E-state index in [2.05, 4.69) is 20.6 Å². The lowest BCUT2D eigenvalue weighted by atomic mass is 10.2. The van der Waals surface area contributed by atoms with E-state index < -0.39 is 11.9 Å². The van der Waals surface area contributed by atoms with Crippen molar-refractivity contribution >= 4 is 40.2 Å². The summed E-state index contributed by atoms with van der Waals surface area (Å²) in [6.07, 6.45) is 1.53. The van der Waals surface area contributed by atoms with Gasteiger partial charge in [-0.05, 0) is 24.3 Å². The summed E-state index contributed by atoms with van der Waals surface area (Å²) in [5, 5.41) is 14.9. The number of benzene rings is 1. The number of fused-ring (bicyclic) bond motifs is 1. The van der Waals surface area contributed by atoms with Crippen molar-refractivity contribution in [3.05, 3.63) is 42.0 Å². The van der Waals surface area contributed by atoms with Gasteiger partial charge in [-0.1, -0.05) is 0 Å². The van der Waals surface area contributed by atoms with Gasteiger partial charge < -0.3 is 25.3 Å². The Morgan fingerprint density at radius 1 is 1.20 bits per heavy atom. The minimum atomic E-state index is -1.06. The number of anilines is 2. The molecule has 0 saturated heterocycles. The van der Waals surface area contributed by atoms with Crippen LogP contribution in [0, 0.1) is 0 Å². The number of aryl methyl sites for hydroxylation is 1. The van der Waals surface area contributed by atoms with Crippen LogP contribution in [-0.2, 0) is 11.8 Å². The summed E-state index contributed by atoms with van der Waals surface area (Å²) in [5.41, 5.74) is 1.22. The number of nitrogens with one attached hydrogen (secondary N) is 3. The highest BCUT2D eigenvalue weighted by Crippen LogP contribution is 2.21. The maximum absolute atomic E-state index is 12.4. The first kappa shape index (κ1) is 16.2. The summed E-state index contributed by atoms with van der Waals surface area (Å²) in [6.45, 7) is 1.35. The van der Waals surface area contributed by atoms with Crippen molar-refractivity contribution in [2.45, 2.75) is 6.92 Å². The van der Waals surface area contributed by atoms with Gasteiger partial charge in [-0.15, -0.1) is 0 Å². The molecule has 0 aliphatic carbocycles. The van der Waals surface area contributed by atoms with Crippen molar-refractivity contribution in [1.82, 2.24) is 14.5 Å². The maximum atomic E-state index is 12.4. The topological polar surface area (TPSA) is 129 Å². The van der Waals surface area contributed by atoms with Gasteiger partial charge in [0, 0.05) is 36.8 Å². The molecule has 0 aliphatic heterocycles. The number of carbonyl (C=O) groups is 3. The number of imidazole rings is 1. The zero-order valence-corrected chi connectivity index (χ0v) is 13.5. The average molecular weight is 341 g/mol. The number of hydrogen-bond donors (Lipinski definition) is 4. The molecule has 4 N–H and O–H groups in total. The lowest BCUT2D eigenvalue weighted by molar-refractivity contribution is -0.114. The SMILES string of the molecule is CC(=O)Nc1cn(C)c(C(=O)Nc2ccc3[nH]c(C(=O)O)cc3c2)n1. The van der Waals surface area contributed by atoms with Crippen molar-refractivity contribution in [3.8, 4) is 0 Å². The van der Waals surface area contributed by atoms with Crippen molar-refractivity contribution in [3.63, 3.8) is 0 Å². The zero-order chi connectivity index (χ0) is 18.1. The number of carboxylic acids is 1. The Balaban J connectivity index is 1.83. The molecule has 2 aromatic heterocycles. The van der Waals surface area contributed by atoms with E-state index in [4.69, 9.17) is 5.11 Å². The fourth-order valence-electron chi connectivity index (χ4n) is 2.43. The molecule has 0 bridgehead atoms. The molecule has 0 fully saturated rings. The van der Waals surface area contributed by atoms with Crippen LogP contribution >= 0.6 is 0 Å². The van der Waals surface area contributed by atoms with E-state index in [0.29, 0.717) is 16.6 Å². The van der Waals surface area contributed by atoms with Crippen LogP contribution in [0.25, 0.3) is 10.9 Å². The average Bonchev–Trinajstić information content (AvgIpc) is 3.09. The van der Waals surface area contributed by atoms with Gasteiger partial charge in [0.2, 0.25) is 11.7 Å². The first-order valence-corrected chi connectivity index (χ1v) is 7.32. The maximum Gasteiger partial charge on any atom is 0.352 e. The van der Waals surface area contributed by atoms with E-state index >= 15 is 0 Å². The molecule has 2 amide bonds. The van der Waals surface area contributed by atoms with Crippen LogP contribution < -0.4 is 10.6 Å². The van der Waals surface area contributed by atoms with Crippen LogP contribution in [0.3, 0.4) is 0 Å². The number of amides is 2. The number of H-pyrrole nitrogens is 1. The van der Waals surface area contributed by atoms with Crippen molar-refractivity contribution < 1.29 is 19.5 Å². The second kappa shape index (κ2) is 6.11. The molecule has 25 heavy (non-hydrogen) atoms. The first-order valence-electron chi connectivity index (χ1n) is 7.32. The lowest BCUT2D eigenvalue weighted by Gasteiger charge is -2.05. The highest BCUT2D eigenvalue weighted by molar-refractivity contribution is 6.04. The molecule has 0 spiro atoms. The number of carbonyl (C=O) groups excluding carboxylic acids is 2. The molecule has 0 saturated carbocycles. The summed E-state index contributed by atoms with van der Waals surface area (Å²) in [7, 11) is 1.64. The Morgan fingerprint density at radius 2 is 1.96 bits per heavy atom. The molecule has 1 aromatic carbocycles. The van der Waals surface area contributed by atoms with Crippen molar-refractivity contribution in [2.24, 2.45) is 7.05 Å². The minimum absolute atomic E-state index is 0.0718. The molecule has 128 valence electrons. The molecule has 3 aromatic rings. The molecule has 0 radical (unpaired) electrons. The first-order chi connectivity index (χ1) is 11.8. The molecule has 0 aliphatic rings. The highest BCUT2D eigenvalue weighted by atomic mass is 16.4. The largest absolute Gasteiger partial charge is 0.477 e. The Hall–Kier alpha value is -3.62. The predicted octanol–water partition coefficient (Wildman–Crippen LogP) is 1.81. The molecular weight excluding hydrogens is 326 g/mol. The van der Waals surface area contributed by atoms with Gasteiger partial charge in [-0.25, -0.2) is 9.78 Å². The zero-order valence-electron chi connectivity index (χ0n) is 13.5. The van der Waals surface area contributed by atoms with Crippen LogP contribution in [-0.4, -0.2) is 37.4 Å². The van der Waals surface area contributed by atoms with Crippen LogP contribution in [0.15, 0.2) is 30.5 Å². The Morgan fingerprint density at radius 3 is 2.64 bits per heavy atom. The third kappa shape index (κ3) is 3.34. The van der Waals surface area contributed by atoms with Crippen molar-refractivity contribution in [2.75, 3.05) is 10.6 Å². The molecule has 9 heteroatoms. The molecular formula is C16H15N5O4. The van der Waals surface area contributed by atoms with Gasteiger partial charge in [-0.2, -0.15) is 0 Å². The number of aromatic carboxylic acids is 1. The normalized spacial score (nSPS) is 10.6. The second-order valence-electron chi connectivity index (χ2n) is 5.49. The third-order valence-electron chi connectivity index (χ3n) is 3.49. The van der Waals surface area contributed by atoms with Gasteiger partial charge in [0.1, 0.15) is 5.69 Å². The van der Waals surface area contributed by atoms with E-state index in [1.165, 1.54) is 23.8 Å². The smallest absolute Gasteiger partial charge is 0.352 e. The quantitative estimate of drug-likeness (QED) is 0.575. The second-order valence-corrected chi connectivity index (χ2v) is 5.49. The summed E-state index contributed by atoms with van der Waals surface area (Å²) in [5.74, 6) is -1.37. The van der Waals surface area contributed by atoms with Gasteiger partial charge in [0.15, 0.2) is 5.82 Å². The van der Waals surface area contributed by atoms with Crippen LogP contribution in [0.5, 0.6) is 0 Å². The van der Waals surface area contributed by atoms with E-state index in [-0.39, 0.29) is 23.2 Å². The molecule has 2 heterocycles. The third-order valence-corrected chi connectivity index (χ3v) is 3.49. The van der Waals surface area contributed by atoms with E-state index in [0.717, 1.165) is 0 Å². The number of rotatable bonds is 4. The molecule has 9 nitrogen and oxygen atoms in total. The molecule has 0 atom stereocenters. The Kier molecular flexibility index (Phi) is 3.97. The number of hydrogen-bond acceptors (Lipinski definition) is 4. The summed E-state index contributed by atoms with van der Waals surface area (Å²) < 4.78 is 1.50. The van der Waals surface area contributed by atoms with E-state index in [9.17, 15) is 14.4 Å². The number of nitrogens with zero attached hydrogens (tertiary/aromatic N) is 2. The van der Waals surface area contributed by atoms with E-state index in [1.54, 1.807) is 25.2 Å². The predicted molar refractivity (Wildman–Crippen MR) is 90.7 cm³/mol. The number of carboxylic acid groups (broad SMARTS) is 1. The van der Waals surface area contributed by atoms with E-state index in [1.807, 2.05) is 0 Å². The fourth-order valence-corrected chi connectivity index (χ4v) is 2.43. The fraction of sp³-hybridized carbons (Fsp3) is 0.125. The van der Waals surface area contributed by atoms with Crippen LogP contribution in [0.2, 0.25) is 0 Å². The van der Waals surface area contributed by atoms with Gasteiger partial charge in [0.25, 0.3) is 5.91 Å². The minimum Gasteiger partial charge on any atom is -0.477 e. The van der Waals surface area contributed by atoms with Gasteiger partial charge >= 0.3 is 5.97 Å². The Bertz CT molecular complexity index is 1000. The number of aromatic nitrogens is 3. The van der Waals surface area contributed by atoms with Crippen LogP contribution in [0.4, 0.5) is 11.5 Å². The Labute approximate surface area is 141 Å². The number of aromatic amines is 1. The highest BCUT2D eigenvalue weighted by Gasteiger charge is 2.15. The van der Waals surface area contributed by atoms with Gasteiger partial charge in [0.05, 0.1) is 0 Å². The molecule has 3 rings (SSSR count). The monoisotopic (exact) mass is 341 g/mol. The van der Waals surface area contributed by atoms with Crippen molar-refractivity contribution in [1.29, 1.82) is 0 Å². The molecule has 0 unspecified atom stereocenters. The van der Waals surface area contributed by atoms with Gasteiger partial charge in [-0.3, -0.25) is 9.59 Å². The summed E-state index contributed by atoms with van der Waals surface area (Å²) >= 11 is 0. The summed E-state index contributed by atoms with van der Waals surface area (Å²) in [6, 6.07) is 6.48. The lowest BCUT2D eigenvalue weighted by Crippen LogP contribution is -2.16. The standard InChI is InChI=1S/C16H15N5O4/c1-8(22)17-13-7-21(2)14(20-13)15(23)18-10-3-4-11-9(5-10)6-12(19-11)16(24)25/h3-7,19H,1-2H3,(H,17,22)(H,18,23)(H,24,25). The summed E-state index contributed by atoms with van der Waals surface area (Å²) in [4.78, 5) is 41.3. The van der Waals surface area contributed by atoms with Crippen LogP contribution in [0.1, 0.15) is 28.0 Å².